The van der Waals surface area contributed by atoms with E-state index in [2.05, 4.69) is 11.6 Å². The summed E-state index contributed by atoms with van der Waals surface area (Å²) in [6.07, 6.45) is 1.81. The van der Waals surface area contributed by atoms with E-state index in [4.69, 9.17) is 0 Å². The van der Waals surface area contributed by atoms with Gasteiger partial charge < -0.3 is 0 Å². The van der Waals surface area contributed by atoms with Crippen molar-refractivity contribution in [3.05, 3.63) is 77.1 Å². The third-order valence-electron chi connectivity index (χ3n) is 3.34. The minimum Gasteiger partial charge on any atom is -0.268 e. The average Bonchev–Trinajstić information content (AvgIpc) is 2.54. The molecule has 3 aromatic rings. The molecule has 0 radical (unpaired) electrons. The van der Waals surface area contributed by atoms with Gasteiger partial charge in [0.1, 0.15) is 0 Å². The minimum absolute atomic E-state index is 0.0357. The Morgan fingerprint density at radius 1 is 1.23 bits per heavy atom. The number of hydrogen-bond donors (Lipinski definition) is 0. The molecule has 3 nitrogen and oxygen atoms in total. The van der Waals surface area contributed by atoms with E-state index in [-0.39, 0.29) is 5.56 Å². The molecule has 0 saturated carbocycles. The predicted molar refractivity (Wildman–Crippen MR) is 93.0 cm³/mol. The molecule has 1 aromatic heterocycles. The minimum atomic E-state index is -0.0357. The predicted octanol–water partition coefficient (Wildman–Crippen LogP) is 3.97. The quantitative estimate of drug-likeness (QED) is 0.415. The fraction of sp³-hybridized carbons (Fsp3) is 0.111. The molecule has 0 amide bonds. The van der Waals surface area contributed by atoms with Gasteiger partial charge in [-0.3, -0.25) is 9.36 Å². The van der Waals surface area contributed by atoms with Gasteiger partial charge in [0.15, 0.2) is 5.16 Å². The van der Waals surface area contributed by atoms with E-state index in [1.807, 2.05) is 61.5 Å². The normalized spacial score (nSPS) is 10.8. The van der Waals surface area contributed by atoms with Crippen LogP contribution in [0, 0.1) is 6.92 Å². The van der Waals surface area contributed by atoms with Crippen LogP contribution in [0.5, 0.6) is 0 Å². The maximum atomic E-state index is 12.9. The Morgan fingerprint density at radius 2 is 2.00 bits per heavy atom. The molecule has 2 aromatic carbocycles. The zero-order valence-electron chi connectivity index (χ0n) is 12.3. The SMILES string of the molecule is C=CCSc1nc2ccc(C)cc2c(=O)n1-c1ccccc1. The maximum absolute atomic E-state index is 12.9. The number of nitrogens with zero attached hydrogens (tertiary/aromatic N) is 2. The van der Waals surface area contributed by atoms with Gasteiger partial charge in [-0.15, -0.1) is 6.58 Å². The van der Waals surface area contributed by atoms with Crippen LogP contribution in [-0.4, -0.2) is 15.3 Å². The second-order valence-electron chi connectivity index (χ2n) is 4.99. The molecular weight excluding hydrogens is 292 g/mol. The molecule has 0 aliphatic rings. The number of fused-ring (bicyclic) bond motifs is 1. The highest BCUT2D eigenvalue weighted by Crippen LogP contribution is 2.21. The molecule has 4 heteroatoms. The number of hydrogen-bond acceptors (Lipinski definition) is 3. The largest absolute Gasteiger partial charge is 0.268 e. The van der Waals surface area contributed by atoms with Crippen molar-refractivity contribution >= 4 is 22.7 Å². The van der Waals surface area contributed by atoms with Gasteiger partial charge >= 0.3 is 0 Å². The lowest BCUT2D eigenvalue weighted by atomic mass is 10.1. The first-order chi connectivity index (χ1) is 10.7. The monoisotopic (exact) mass is 308 g/mol. The van der Waals surface area contributed by atoms with Crippen LogP contribution in [0.4, 0.5) is 0 Å². The molecule has 0 atom stereocenters. The fourth-order valence-electron chi connectivity index (χ4n) is 2.31. The summed E-state index contributed by atoms with van der Waals surface area (Å²) in [5.74, 6) is 0.705. The topological polar surface area (TPSA) is 34.9 Å². The summed E-state index contributed by atoms with van der Waals surface area (Å²) in [5, 5.41) is 1.33. The van der Waals surface area contributed by atoms with E-state index in [1.165, 1.54) is 11.8 Å². The van der Waals surface area contributed by atoms with Crippen LogP contribution in [-0.2, 0) is 0 Å². The first kappa shape index (κ1) is 14.6. The molecular formula is C18H16N2OS. The lowest BCUT2D eigenvalue weighted by Gasteiger charge is -2.12. The van der Waals surface area contributed by atoms with Crippen LogP contribution < -0.4 is 5.56 Å². The summed E-state index contributed by atoms with van der Waals surface area (Å²) in [7, 11) is 0. The Labute approximate surface area is 133 Å². The smallest absolute Gasteiger partial charge is 0.266 e. The standard InChI is InChI=1S/C18H16N2OS/c1-3-11-22-18-19-16-10-9-13(2)12-15(16)17(21)20(18)14-7-5-4-6-8-14/h3-10,12H,1,11H2,2H3. The van der Waals surface area contributed by atoms with Gasteiger partial charge in [0.2, 0.25) is 0 Å². The van der Waals surface area contributed by atoms with E-state index < -0.39 is 0 Å². The van der Waals surface area contributed by atoms with Crippen LogP contribution in [0.3, 0.4) is 0 Å². The molecule has 22 heavy (non-hydrogen) atoms. The third kappa shape index (κ3) is 2.70. The highest BCUT2D eigenvalue weighted by atomic mass is 32.2. The molecule has 110 valence electrons. The Morgan fingerprint density at radius 3 is 2.73 bits per heavy atom. The highest BCUT2D eigenvalue weighted by molar-refractivity contribution is 7.99. The van der Waals surface area contributed by atoms with Crippen LogP contribution in [0.1, 0.15) is 5.56 Å². The Hall–Kier alpha value is -2.33. The lowest BCUT2D eigenvalue weighted by molar-refractivity contribution is 0.820. The summed E-state index contributed by atoms with van der Waals surface area (Å²) in [4.78, 5) is 17.6. The van der Waals surface area contributed by atoms with Crippen molar-refractivity contribution in [3.8, 4) is 5.69 Å². The van der Waals surface area contributed by atoms with E-state index in [1.54, 1.807) is 4.57 Å². The van der Waals surface area contributed by atoms with E-state index in [0.717, 1.165) is 16.8 Å². The summed E-state index contributed by atoms with van der Waals surface area (Å²) in [6.45, 7) is 5.72. The van der Waals surface area contributed by atoms with Crippen molar-refractivity contribution in [2.45, 2.75) is 12.1 Å². The Balaban J connectivity index is 2.33. The molecule has 0 aliphatic carbocycles. The van der Waals surface area contributed by atoms with Crippen molar-refractivity contribution in [3.63, 3.8) is 0 Å². The highest BCUT2D eigenvalue weighted by Gasteiger charge is 2.12. The second kappa shape index (κ2) is 6.20. The van der Waals surface area contributed by atoms with E-state index in [9.17, 15) is 4.79 Å². The molecule has 0 spiro atoms. The average molecular weight is 308 g/mol. The van der Waals surface area contributed by atoms with E-state index >= 15 is 0 Å². The molecule has 0 saturated heterocycles. The van der Waals surface area contributed by atoms with Gasteiger partial charge in [0, 0.05) is 5.75 Å². The second-order valence-corrected chi connectivity index (χ2v) is 5.98. The molecule has 0 unspecified atom stereocenters. The Bertz CT molecular complexity index is 885. The van der Waals surface area contributed by atoms with Gasteiger partial charge in [-0.1, -0.05) is 47.7 Å². The number of benzene rings is 2. The van der Waals surface area contributed by atoms with Crippen molar-refractivity contribution in [1.29, 1.82) is 0 Å². The van der Waals surface area contributed by atoms with Gasteiger partial charge in [-0.25, -0.2) is 4.98 Å². The van der Waals surface area contributed by atoms with Crippen molar-refractivity contribution in [2.75, 3.05) is 5.75 Å². The molecule has 1 heterocycles. The van der Waals surface area contributed by atoms with Crippen LogP contribution >= 0.6 is 11.8 Å². The van der Waals surface area contributed by atoms with Gasteiger partial charge in [-0.05, 0) is 31.2 Å². The number of aromatic nitrogens is 2. The molecule has 0 fully saturated rings. The van der Waals surface area contributed by atoms with Crippen molar-refractivity contribution in [2.24, 2.45) is 0 Å². The molecule has 0 N–H and O–H groups in total. The summed E-state index contributed by atoms with van der Waals surface area (Å²) in [6, 6.07) is 15.4. The molecule has 3 rings (SSSR count). The number of para-hydroxylation sites is 1. The lowest BCUT2D eigenvalue weighted by Crippen LogP contribution is -2.21. The third-order valence-corrected chi connectivity index (χ3v) is 4.27. The van der Waals surface area contributed by atoms with Crippen molar-refractivity contribution < 1.29 is 0 Å². The zero-order valence-corrected chi connectivity index (χ0v) is 13.1. The van der Waals surface area contributed by atoms with Crippen LogP contribution in [0.15, 0.2) is 71.1 Å². The first-order valence-corrected chi connectivity index (χ1v) is 8.02. The van der Waals surface area contributed by atoms with Crippen LogP contribution in [0.25, 0.3) is 16.6 Å². The Kier molecular flexibility index (Phi) is 4.11. The van der Waals surface area contributed by atoms with Gasteiger partial charge in [0.05, 0.1) is 16.6 Å². The molecule has 0 aliphatic heterocycles. The number of thioether (sulfide) groups is 1. The fourth-order valence-corrected chi connectivity index (χ4v) is 3.06. The number of aryl methyl sites for hydroxylation is 1. The maximum Gasteiger partial charge on any atom is 0.266 e. The zero-order chi connectivity index (χ0) is 15.5. The van der Waals surface area contributed by atoms with Crippen molar-refractivity contribution in [1.82, 2.24) is 9.55 Å². The van der Waals surface area contributed by atoms with Gasteiger partial charge in [0.25, 0.3) is 5.56 Å². The first-order valence-electron chi connectivity index (χ1n) is 7.03. The summed E-state index contributed by atoms with van der Waals surface area (Å²) >= 11 is 1.51. The summed E-state index contributed by atoms with van der Waals surface area (Å²) in [5.41, 5.74) is 2.58. The number of rotatable bonds is 4. The summed E-state index contributed by atoms with van der Waals surface area (Å²) < 4.78 is 1.68. The van der Waals surface area contributed by atoms with Crippen LogP contribution in [0.2, 0.25) is 0 Å². The van der Waals surface area contributed by atoms with Gasteiger partial charge in [-0.2, -0.15) is 0 Å². The van der Waals surface area contributed by atoms with E-state index in [0.29, 0.717) is 16.3 Å². The molecule has 0 bridgehead atoms.